The largest absolute Gasteiger partial charge is 0.497 e. The van der Waals surface area contributed by atoms with Crippen LogP contribution in [0.3, 0.4) is 0 Å². The van der Waals surface area contributed by atoms with E-state index in [2.05, 4.69) is 22.5 Å². The standard InChI is InChI=1S/C26H33BrN2O7/c1-5-10-28(15-6-8-17(35-4)9-7-15)24(32)22-26-12-18(27)21(36-26)19(25(33)34)20(26)23(31)29(22)16(13-30)11-14(2)3/h5-9,14,16,18-22,30H,1,10-13H2,2-4H3,(H,33,34)/t16-,18?,19-,20+,21-,22-,26+/m1/s1. The molecule has 0 aliphatic carbocycles. The second-order valence-electron chi connectivity index (χ2n) is 10.1. The number of likely N-dealkylation sites (tertiary alicyclic amines) is 1. The SMILES string of the molecule is C=CCN(C(=O)[C@H]1N([C@@H](CO)CC(C)C)C(=O)[C@@H]2[C@@H](C(=O)O)[C@@H]3O[C@@]21CC3Br)c1ccc(OC)cc1. The molecule has 0 aromatic heterocycles. The Labute approximate surface area is 219 Å². The molecule has 7 atom stereocenters. The Kier molecular flexibility index (Phi) is 7.50. The van der Waals surface area contributed by atoms with E-state index >= 15 is 0 Å². The van der Waals surface area contributed by atoms with E-state index < -0.39 is 53.4 Å². The van der Waals surface area contributed by atoms with Crippen molar-refractivity contribution in [3.63, 3.8) is 0 Å². The van der Waals surface area contributed by atoms with Crippen LogP contribution in [0.5, 0.6) is 5.75 Å². The Bertz CT molecular complexity index is 1030. The van der Waals surface area contributed by atoms with Crippen molar-refractivity contribution >= 4 is 39.4 Å². The van der Waals surface area contributed by atoms with Crippen LogP contribution < -0.4 is 9.64 Å². The number of carbonyl (C=O) groups is 3. The summed E-state index contributed by atoms with van der Waals surface area (Å²) in [7, 11) is 1.55. The second-order valence-corrected chi connectivity index (χ2v) is 11.3. The van der Waals surface area contributed by atoms with Gasteiger partial charge in [0.05, 0.1) is 37.7 Å². The lowest BCUT2D eigenvalue weighted by Gasteiger charge is -2.39. The van der Waals surface area contributed by atoms with Crippen LogP contribution in [0, 0.1) is 17.8 Å². The van der Waals surface area contributed by atoms with Gasteiger partial charge in [0.25, 0.3) is 5.91 Å². The summed E-state index contributed by atoms with van der Waals surface area (Å²) in [5.74, 6) is -3.30. The predicted octanol–water partition coefficient (Wildman–Crippen LogP) is 2.45. The maximum atomic E-state index is 14.4. The minimum atomic E-state index is -1.31. The number of rotatable bonds is 10. The van der Waals surface area contributed by atoms with Gasteiger partial charge in [-0.25, -0.2) is 0 Å². The average molecular weight is 565 g/mol. The van der Waals surface area contributed by atoms with Crippen LogP contribution in [0.4, 0.5) is 5.69 Å². The summed E-state index contributed by atoms with van der Waals surface area (Å²) in [5.41, 5.74) is -0.734. The van der Waals surface area contributed by atoms with E-state index in [-0.39, 0.29) is 23.9 Å². The molecule has 0 radical (unpaired) electrons. The summed E-state index contributed by atoms with van der Waals surface area (Å²) >= 11 is 3.55. The molecule has 3 aliphatic rings. The summed E-state index contributed by atoms with van der Waals surface area (Å²) in [6, 6.07) is 5.21. The molecule has 196 valence electrons. The van der Waals surface area contributed by atoms with Crippen LogP contribution in [0.25, 0.3) is 0 Å². The predicted molar refractivity (Wildman–Crippen MR) is 136 cm³/mol. The van der Waals surface area contributed by atoms with E-state index in [1.807, 2.05) is 13.8 Å². The number of aliphatic hydroxyl groups is 1. The molecule has 1 spiro atoms. The van der Waals surface area contributed by atoms with Gasteiger partial charge in [0.1, 0.15) is 17.4 Å². The molecule has 1 aromatic rings. The highest BCUT2D eigenvalue weighted by Crippen LogP contribution is 2.60. The highest BCUT2D eigenvalue weighted by atomic mass is 79.9. The molecule has 10 heteroatoms. The number of aliphatic hydroxyl groups excluding tert-OH is 1. The van der Waals surface area contributed by atoms with E-state index in [1.54, 1.807) is 37.5 Å². The summed E-state index contributed by atoms with van der Waals surface area (Å²) in [4.78, 5) is 43.3. The first kappa shape index (κ1) is 26.6. The van der Waals surface area contributed by atoms with Crippen molar-refractivity contribution in [2.75, 3.05) is 25.2 Å². The van der Waals surface area contributed by atoms with Gasteiger partial charge in [0.2, 0.25) is 5.91 Å². The van der Waals surface area contributed by atoms with Gasteiger partial charge >= 0.3 is 5.97 Å². The number of carboxylic acid groups (broad SMARTS) is 1. The van der Waals surface area contributed by atoms with Crippen molar-refractivity contribution in [2.24, 2.45) is 17.8 Å². The lowest BCUT2D eigenvalue weighted by molar-refractivity contribution is -0.151. The summed E-state index contributed by atoms with van der Waals surface area (Å²) in [6.45, 7) is 7.56. The lowest BCUT2D eigenvalue weighted by Crippen LogP contribution is -2.59. The van der Waals surface area contributed by atoms with Crippen molar-refractivity contribution < 1.29 is 34.1 Å². The fourth-order valence-corrected chi connectivity index (χ4v) is 7.15. The highest BCUT2D eigenvalue weighted by Gasteiger charge is 2.77. The number of ether oxygens (including phenoxy) is 2. The summed E-state index contributed by atoms with van der Waals surface area (Å²) in [5, 5.41) is 20.4. The van der Waals surface area contributed by atoms with E-state index in [4.69, 9.17) is 9.47 Å². The molecule has 9 nitrogen and oxygen atoms in total. The zero-order chi connectivity index (χ0) is 26.4. The van der Waals surface area contributed by atoms with E-state index in [0.29, 0.717) is 24.3 Å². The molecule has 4 rings (SSSR count). The van der Waals surface area contributed by atoms with Gasteiger partial charge in [-0.15, -0.1) is 6.58 Å². The molecule has 3 fully saturated rings. The van der Waals surface area contributed by atoms with Crippen LogP contribution in [0.2, 0.25) is 0 Å². The first-order valence-corrected chi connectivity index (χ1v) is 13.1. The van der Waals surface area contributed by atoms with E-state index in [9.17, 15) is 24.6 Å². The van der Waals surface area contributed by atoms with E-state index in [1.165, 1.54) is 9.80 Å². The number of methoxy groups -OCH3 is 1. The molecule has 36 heavy (non-hydrogen) atoms. The zero-order valence-corrected chi connectivity index (χ0v) is 22.3. The van der Waals surface area contributed by atoms with Gasteiger partial charge in [-0.3, -0.25) is 14.4 Å². The number of fused-ring (bicyclic) bond motifs is 1. The third-order valence-corrected chi connectivity index (χ3v) is 8.40. The van der Waals surface area contributed by atoms with Crippen molar-refractivity contribution in [3.8, 4) is 5.75 Å². The number of carbonyl (C=O) groups excluding carboxylic acids is 2. The van der Waals surface area contributed by atoms with Gasteiger partial charge in [0.15, 0.2) is 0 Å². The Morgan fingerprint density at radius 1 is 1.36 bits per heavy atom. The van der Waals surface area contributed by atoms with Crippen LogP contribution in [-0.4, -0.2) is 81.8 Å². The molecule has 3 aliphatic heterocycles. The number of carboxylic acids is 1. The first-order valence-electron chi connectivity index (χ1n) is 12.1. The maximum absolute atomic E-state index is 14.4. The number of aliphatic carboxylic acids is 1. The van der Waals surface area contributed by atoms with Crippen molar-refractivity contribution in [1.29, 1.82) is 0 Å². The molecule has 2 bridgehead atoms. The maximum Gasteiger partial charge on any atom is 0.310 e. The van der Waals surface area contributed by atoms with Gasteiger partial charge in [0, 0.05) is 17.1 Å². The fourth-order valence-electron chi connectivity index (χ4n) is 6.20. The van der Waals surface area contributed by atoms with Gasteiger partial charge in [-0.2, -0.15) is 0 Å². The molecule has 2 amide bonds. The molecular formula is C26H33BrN2O7. The summed E-state index contributed by atoms with van der Waals surface area (Å²) < 4.78 is 11.6. The van der Waals surface area contributed by atoms with Crippen molar-refractivity contribution in [3.05, 3.63) is 36.9 Å². The zero-order valence-electron chi connectivity index (χ0n) is 20.7. The number of hydrogen-bond donors (Lipinski definition) is 2. The number of halogens is 1. The van der Waals surface area contributed by atoms with Crippen molar-refractivity contribution in [1.82, 2.24) is 4.90 Å². The van der Waals surface area contributed by atoms with E-state index in [0.717, 1.165) is 0 Å². The fraction of sp³-hybridized carbons (Fsp3) is 0.577. The molecule has 0 saturated carbocycles. The minimum absolute atomic E-state index is 0.131. The minimum Gasteiger partial charge on any atom is -0.497 e. The highest BCUT2D eigenvalue weighted by molar-refractivity contribution is 9.09. The van der Waals surface area contributed by atoms with Crippen LogP contribution in [-0.2, 0) is 19.1 Å². The smallest absolute Gasteiger partial charge is 0.310 e. The van der Waals surface area contributed by atoms with Crippen molar-refractivity contribution in [2.45, 2.75) is 55.3 Å². The number of anilines is 1. The first-order chi connectivity index (χ1) is 17.1. The molecule has 3 saturated heterocycles. The number of benzene rings is 1. The lowest BCUT2D eigenvalue weighted by atomic mass is 9.70. The third-order valence-electron chi connectivity index (χ3n) is 7.56. The van der Waals surface area contributed by atoms with Crippen LogP contribution in [0.1, 0.15) is 26.7 Å². The van der Waals surface area contributed by atoms with Gasteiger partial charge < -0.3 is 29.5 Å². The monoisotopic (exact) mass is 564 g/mol. The molecule has 1 aromatic carbocycles. The Balaban J connectivity index is 1.83. The topological polar surface area (TPSA) is 117 Å². The average Bonchev–Trinajstić information content (AvgIpc) is 3.44. The Morgan fingerprint density at radius 3 is 2.56 bits per heavy atom. The molecular weight excluding hydrogens is 532 g/mol. The molecule has 2 N–H and O–H groups in total. The molecule has 1 unspecified atom stereocenters. The normalized spacial score (nSPS) is 31.4. The number of amides is 2. The van der Waals surface area contributed by atoms with Crippen LogP contribution >= 0.6 is 15.9 Å². The second kappa shape index (κ2) is 10.1. The Hall–Kier alpha value is -2.43. The number of hydrogen-bond acceptors (Lipinski definition) is 6. The Morgan fingerprint density at radius 2 is 2.03 bits per heavy atom. The quantitative estimate of drug-likeness (QED) is 0.331. The number of nitrogens with zero attached hydrogens (tertiary/aromatic N) is 2. The third kappa shape index (κ3) is 4.13. The van der Waals surface area contributed by atoms with Crippen LogP contribution in [0.15, 0.2) is 36.9 Å². The van der Waals surface area contributed by atoms with Gasteiger partial charge in [-0.1, -0.05) is 35.9 Å². The number of alkyl halides is 1. The summed E-state index contributed by atoms with van der Waals surface area (Å²) in [6.07, 6.45) is 1.64. The molecule has 3 heterocycles. The van der Waals surface area contributed by atoms with Gasteiger partial charge in [-0.05, 0) is 43.0 Å².